The first-order chi connectivity index (χ1) is 9.88. The number of amides is 1. The van der Waals surface area contributed by atoms with E-state index in [1.165, 1.54) is 0 Å². The lowest BCUT2D eigenvalue weighted by atomic mass is 10.1. The van der Waals surface area contributed by atoms with Gasteiger partial charge in [-0.3, -0.25) is 4.79 Å². The molecule has 21 heavy (non-hydrogen) atoms. The van der Waals surface area contributed by atoms with Crippen LogP contribution in [-0.4, -0.2) is 40.3 Å². The molecule has 2 rings (SSSR count). The lowest BCUT2D eigenvalue weighted by molar-refractivity contribution is -0.150. The van der Waals surface area contributed by atoms with Gasteiger partial charge in [0.25, 0.3) is 5.91 Å². The Bertz CT molecular complexity index is 602. The highest BCUT2D eigenvalue weighted by atomic mass is 19.1. The summed E-state index contributed by atoms with van der Waals surface area (Å²) in [4.78, 5) is 33.4. The van der Waals surface area contributed by atoms with Gasteiger partial charge in [0.15, 0.2) is 6.10 Å². The summed E-state index contributed by atoms with van der Waals surface area (Å²) in [5.41, 5.74) is -0.468. The van der Waals surface area contributed by atoms with Crippen LogP contribution in [-0.2, 0) is 14.3 Å². The molecule has 2 atom stereocenters. The number of hydrogen-bond donors (Lipinski definition) is 3. The van der Waals surface area contributed by atoms with Crippen LogP contribution in [0.2, 0.25) is 0 Å². The Morgan fingerprint density at radius 3 is 2.43 bits per heavy atom. The summed E-state index contributed by atoms with van der Waals surface area (Å²) in [6.45, 7) is 0. The van der Waals surface area contributed by atoms with E-state index in [-0.39, 0.29) is 24.1 Å². The van der Waals surface area contributed by atoms with E-state index in [1.54, 1.807) is 0 Å². The highest BCUT2D eigenvalue weighted by Crippen LogP contribution is 2.23. The molecular weight excluding hydrogens is 285 g/mol. The molecular formula is C13H12FNO6. The molecule has 0 radical (unpaired) electrons. The van der Waals surface area contributed by atoms with E-state index < -0.39 is 35.9 Å². The molecule has 0 saturated carbocycles. The second-order valence-electron chi connectivity index (χ2n) is 4.52. The Morgan fingerprint density at radius 2 is 1.86 bits per heavy atom. The first-order valence-corrected chi connectivity index (χ1v) is 6.10. The van der Waals surface area contributed by atoms with Crippen LogP contribution in [0.1, 0.15) is 23.2 Å². The third kappa shape index (κ3) is 3.34. The van der Waals surface area contributed by atoms with Gasteiger partial charge in [0.1, 0.15) is 11.9 Å². The number of benzene rings is 1. The van der Waals surface area contributed by atoms with Gasteiger partial charge in [-0.1, -0.05) is 0 Å². The number of carboxylic acid groups (broad SMARTS) is 2. The summed E-state index contributed by atoms with van der Waals surface area (Å²) < 4.78 is 18.6. The van der Waals surface area contributed by atoms with Gasteiger partial charge in [-0.05, 0) is 31.0 Å². The summed E-state index contributed by atoms with van der Waals surface area (Å²) in [6, 6.07) is 2.98. The van der Waals surface area contributed by atoms with Gasteiger partial charge in [-0.2, -0.15) is 0 Å². The molecule has 1 aliphatic rings. The van der Waals surface area contributed by atoms with Crippen LogP contribution in [0.4, 0.5) is 10.1 Å². The zero-order valence-corrected chi connectivity index (χ0v) is 10.7. The number of carboxylic acids is 2. The van der Waals surface area contributed by atoms with E-state index in [9.17, 15) is 18.8 Å². The highest BCUT2D eigenvalue weighted by Gasteiger charge is 2.35. The quantitative estimate of drug-likeness (QED) is 0.767. The SMILES string of the molecule is O=C(O)c1ccc(F)c(NC(=O)[C@@H]2CC[C@H](C(=O)O)O2)c1. The van der Waals surface area contributed by atoms with Crippen molar-refractivity contribution in [3.63, 3.8) is 0 Å². The largest absolute Gasteiger partial charge is 0.479 e. The normalized spacial score (nSPS) is 21.0. The standard InChI is InChI=1S/C13H12FNO6/c14-7-2-1-6(12(17)18)5-8(7)15-11(16)9-3-4-10(21-9)13(19)20/h1-2,5,9-10H,3-4H2,(H,15,16)(H,17,18)(H,19,20)/t9-,10+/m0/s1. The van der Waals surface area contributed by atoms with E-state index in [0.29, 0.717) is 0 Å². The molecule has 1 aromatic rings. The molecule has 3 N–H and O–H groups in total. The summed E-state index contributed by atoms with van der Waals surface area (Å²) >= 11 is 0. The van der Waals surface area contributed by atoms with Gasteiger partial charge in [0.05, 0.1) is 11.3 Å². The van der Waals surface area contributed by atoms with E-state index >= 15 is 0 Å². The van der Waals surface area contributed by atoms with Gasteiger partial charge in [0.2, 0.25) is 0 Å². The zero-order chi connectivity index (χ0) is 15.6. The molecule has 1 aliphatic heterocycles. The average molecular weight is 297 g/mol. The monoisotopic (exact) mass is 297 g/mol. The minimum Gasteiger partial charge on any atom is -0.479 e. The minimum absolute atomic E-state index is 0.178. The Hall–Kier alpha value is -2.48. The molecule has 1 aromatic carbocycles. The number of anilines is 1. The maximum atomic E-state index is 13.5. The van der Waals surface area contributed by atoms with Crippen molar-refractivity contribution in [3.8, 4) is 0 Å². The fourth-order valence-electron chi connectivity index (χ4n) is 1.98. The maximum Gasteiger partial charge on any atom is 0.335 e. The minimum atomic E-state index is -1.26. The molecule has 1 fully saturated rings. The molecule has 7 nitrogen and oxygen atoms in total. The molecule has 0 spiro atoms. The first kappa shape index (κ1) is 14.9. The van der Waals surface area contributed by atoms with Gasteiger partial charge in [0, 0.05) is 0 Å². The fourth-order valence-corrected chi connectivity index (χ4v) is 1.98. The third-order valence-electron chi connectivity index (χ3n) is 3.06. The van der Waals surface area contributed by atoms with Crippen LogP contribution < -0.4 is 5.32 Å². The van der Waals surface area contributed by atoms with Crippen LogP contribution in [0.25, 0.3) is 0 Å². The topological polar surface area (TPSA) is 113 Å². The number of rotatable bonds is 4. The van der Waals surface area contributed by atoms with Crippen LogP contribution in [0.5, 0.6) is 0 Å². The van der Waals surface area contributed by atoms with E-state index in [0.717, 1.165) is 18.2 Å². The van der Waals surface area contributed by atoms with Gasteiger partial charge in [-0.25, -0.2) is 14.0 Å². The second kappa shape index (κ2) is 5.88. The Kier molecular flexibility index (Phi) is 4.18. The molecule has 1 saturated heterocycles. The fraction of sp³-hybridized carbons (Fsp3) is 0.308. The zero-order valence-electron chi connectivity index (χ0n) is 10.7. The van der Waals surface area contributed by atoms with Crippen LogP contribution in [0.15, 0.2) is 18.2 Å². The number of aliphatic carboxylic acids is 1. The van der Waals surface area contributed by atoms with Gasteiger partial charge in [-0.15, -0.1) is 0 Å². The third-order valence-corrected chi connectivity index (χ3v) is 3.06. The number of aromatic carboxylic acids is 1. The van der Waals surface area contributed by atoms with Crippen LogP contribution >= 0.6 is 0 Å². The summed E-state index contributed by atoms with van der Waals surface area (Å²) in [7, 11) is 0. The van der Waals surface area contributed by atoms with Crippen molar-refractivity contribution in [2.45, 2.75) is 25.0 Å². The van der Waals surface area contributed by atoms with E-state index in [4.69, 9.17) is 14.9 Å². The lowest BCUT2D eigenvalue weighted by Crippen LogP contribution is -2.30. The molecule has 1 amide bonds. The Balaban J connectivity index is 2.08. The number of nitrogens with one attached hydrogen (secondary N) is 1. The van der Waals surface area contributed by atoms with Crippen LogP contribution in [0, 0.1) is 5.82 Å². The molecule has 8 heteroatoms. The van der Waals surface area contributed by atoms with Crippen molar-refractivity contribution in [1.29, 1.82) is 0 Å². The highest BCUT2D eigenvalue weighted by molar-refractivity contribution is 5.96. The smallest absolute Gasteiger partial charge is 0.335 e. The average Bonchev–Trinajstić information content (AvgIpc) is 2.90. The number of halogens is 1. The van der Waals surface area contributed by atoms with Crippen molar-refractivity contribution < 1.29 is 33.7 Å². The van der Waals surface area contributed by atoms with Crippen molar-refractivity contribution in [3.05, 3.63) is 29.6 Å². The lowest BCUT2D eigenvalue weighted by Gasteiger charge is -2.12. The van der Waals surface area contributed by atoms with E-state index in [1.807, 2.05) is 0 Å². The second-order valence-corrected chi connectivity index (χ2v) is 4.52. The number of carbonyl (C=O) groups excluding carboxylic acids is 1. The van der Waals surface area contributed by atoms with Crippen molar-refractivity contribution >= 4 is 23.5 Å². The summed E-state index contributed by atoms with van der Waals surface area (Å²) in [5.74, 6) is -3.92. The maximum absolute atomic E-state index is 13.5. The summed E-state index contributed by atoms with van der Waals surface area (Å²) in [6.07, 6.45) is -1.68. The number of hydrogen-bond acceptors (Lipinski definition) is 4. The molecule has 0 unspecified atom stereocenters. The first-order valence-electron chi connectivity index (χ1n) is 6.10. The molecule has 0 aromatic heterocycles. The van der Waals surface area contributed by atoms with Crippen molar-refractivity contribution in [1.82, 2.24) is 0 Å². The molecule has 0 bridgehead atoms. The van der Waals surface area contributed by atoms with Crippen molar-refractivity contribution in [2.75, 3.05) is 5.32 Å². The van der Waals surface area contributed by atoms with Crippen molar-refractivity contribution in [2.24, 2.45) is 0 Å². The number of carbonyl (C=O) groups is 3. The molecule has 0 aliphatic carbocycles. The molecule has 1 heterocycles. The van der Waals surface area contributed by atoms with E-state index in [2.05, 4.69) is 5.32 Å². The Morgan fingerprint density at radius 1 is 1.19 bits per heavy atom. The molecule has 112 valence electrons. The Labute approximate surface area is 118 Å². The summed E-state index contributed by atoms with van der Waals surface area (Å²) in [5, 5.41) is 19.8. The van der Waals surface area contributed by atoms with Crippen LogP contribution in [0.3, 0.4) is 0 Å². The van der Waals surface area contributed by atoms with Gasteiger partial charge < -0.3 is 20.3 Å². The predicted octanol–water partition coefficient (Wildman–Crippen LogP) is 1.09. The van der Waals surface area contributed by atoms with Gasteiger partial charge >= 0.3 is 11.9 Å². The number of ether oxygens (including phenoxy) is 1. The predicted molar refractivity (Wildman–Crippen MR) is 67.5 cm³/mol.